The van der Waals surface area contributed by atoms with E-state index in [1.165, 1.54) is 0 Å². The van der Waals surface area contributed by atoms with Gasteiger partial charge in [-0.05, 0) is 31.4 Å². The van der Waals surface area contributed by atoms with Crippen LogP contribution in [-0.2, 0) is 6.42 Å². The van der Waals surface area contributed by atoms with Crippen LogP contribution >= 0.6 is 0 Å². The molecule has 1 heterocycles. The number of aliphatic hydroxyl groups excluding tert-OH is 1. The van der Waals surface area contributed by atoms with Crippen LogP contribution in [0.25, 0.3) is 0 Å². The summed E-state index contributed by atoms with van der Waals surface area (Å²) in [6, 6.07) is 5.52. The highest BCUT2D eigenvalue weighted by atomic mass is 16.3. The normalized spacial score (nSPS) is 20.7. The van der Waals surface area contributed by atoms with Crippen molar-refractivity contribution >= 4 is 5.69 Å². The maximum atomic E-state index is 9.75. The van der Waals surface area contributed by atoms with Gasteiger partial charge in [0.1, 0.15) is 12.0 Å². The van der Waals surface area contributed by atoms with Gasteiger partial charge in [0.05, 0.1) is 5.69 Å². The second-order valence-electron chi connectivity index (χ2n) is 3.59. The molecule has 0 saturated heterocycles. The van der Waals surface area contributed by atoms with Crippen molar-refractivity contribution < 1.29 is 10.2 Å². The first-order chi connectivity index (χ1) is 6.74. The molecule has 0 amide bonds. The van der Waals surface area contributed by atoms with Crippen LogP contribution in [0.5, 0.6) is 5.75 Å². The molecule has 0 radical (unpaired) electrons. The minimum Gasteiger partial charge on any atom is -0.506 e. The summed E-state index contributed by atoms with van der Waals surface area (Å²) < 4.78 is 0. The van der Waals surface area contributed by atoms with Crippen LogP contribution in [0.1, 0.15) is 18.9 Å². The summed E-state index contributed by atoms with van der Waals surface area (Å²) >= 11 is 0. The standard InChI is InChI=1S/C11H15NO2/c1-2-12-10(14)7-6-8-4-3-5-9(13)11(8)12/h3-5,10,13-14H,2,6-7H2,1H3. The van der Waals surface area contributed by atoms with E-state index in [2.05, 4.69) is 0 Å². The molecule has 0 aliphatic carbocycles. The fraction of sp³-hybridized carbons (Fsp3) is 0.455. The Labute approximate surface area is 83.6 Å². The first-order valence-electron chi connectivity index (χ1n) is 4.99. The van der Waals surface area contributed by atoms with Crippen molar-refractivity contribution in [1.82, 2.24) is 0 Å². The van der Waals surface area contributed by atoms with Gasteiger partial charge in [0.25, 0.3) is 0 Å². The van der Waals surface area contributed by atoms with Gasteiger partial charge in [0, 0.05) is 6.54 Å². The van der Waals surface area contributed by atoms with Gasteiger partial charge < -0.3 is 15.1 Å². The van der Waals surface area contributed by atoms with E-state index < -0.39 is 6.23 Å². The third-order valence-electron chi connectivity index (χ3n) is 2.76. The van der Waals surface area contributed by atoms with Gasteiger partial charge in [-0.2, -0.15) is 0 Å². The van der Waals surface area contributed by atoms with E-state index in [0.29, 0.717) is 6.54 Å². The number of benzene rings is 1. The topological polar surface area (TPSA) is 43.7 Å². The lowest BCUT2D eigenvalue weighted by Gasteiger charge is -2.35. The number of para-hydroxylation sites is 1. The fourth-order valence-electron chi connectivity index (χ4n) is 2.07. The number of phenols is 1. The summed E-state index contributed by atoms with van der Waals surface area (Å²) in [7, 11) is 0. The van der Waals surface area contributed by atoms with Crippen molar-refractivity contribution in [2.24, 2.45) is 0 Å². The molecule has 1 atom stereocenters. The Morgan fingerprint density at radius 2 is 2.29 bits per heavy atom. The van der Waals surface area contributed by atoms with Crippen molar-refractivity contribution in [3.63, 3.8) is 0 Å². The Hall–Kier alpha value is -1.22. The molecule has 0 fully saturated rings. The number of hydrogen-bond donors (Lipinski definition) is 2. The van der Waals surface area contributed by atoms with Crippen LogP contribution in [0, 0.1) is 0 Å². The summed E-state index contributed by atoms with van der Waals surface area (Å²) in [5, 5.41) is 19.5. The molecule has 0 spiro atoms. The Morgan fingerprint density at radius 3 is 3.00 bits per heavy atom. The highest BCUT2D eigenvalue weighted by Crippen LogP contribution is 2.36. The molecule has 1 unspecified atom stereocenters. The van der Waals surface area contributed by atoms with Gasteiger partial charge in [-0.15, -0.1) is 0 Å². The van der Waals surface area contributed by atoms with Crippen LogP contribution in [0.3, 0.4) is 0 Å². The molecule has 2 rings (SSSR count). The van der Waals surface area contributed by atoms with E-state index in [-0.39, 0.29) is 5.75 Å². The Kier molecular flexibility index (Phi) is 2.33. The van der Waals surface area contributed by atoms with Crippen LogP contribution in [0.15, 0.2) is 18.2 Å². The molecule has 3 nitrogen and oxygen atoms in total. The number of anilines is 1. The Bertz CT molecular complexity index is 338. The van der Waals surface area contributed by atoms with Crippen molar-refractivity contribution in [2.75, 3.05) is 11.4 Å². The number of phenolic OH excluding ortho intramolecular Hbond substituents is 1. The molecule has 1 aliphatic heterocycles. The summed E-state index contributed by atoms with van der Waals surface area (Å²) in [5.74, 6) is 0.267. The van der Waals surface area contributed by atoms with E-state index in [4.69, 9.17) is 0 Å². The van der Waals surface area contributed by atoms with Gasteiger partial charge in [0.2, 0.25) is 0 Å². The first-order valence-corrected chi connectivity index (χ1v) is 4.99. The number of hydrogen-bond acceptors (Lipinski definition) is 3. The molecular weight excluding hydrogens is 178 g/mol. The lowest BCUT2D eigenvalue weighted by molar-refractivity contribution is 0.154. The van der Waals surface area contributed by atoms with Gasteiger partial charge in [-0.3, -0.25) is 0 Å². The van der Waals surface area contributed by atoms with Crippen LogP contribution < -0.4 is 4.90 Å². The molecule has 1 aromatic rings. The zero-order chi connectivity index (χ0) is 10.1. The van der Waals surface area contributed by atoms with Crippen LogP contribution in [0.4, 0.5) is 5.69 Å². The average Bonchev–Trinajstić information content (AvgIpc) is 2.19. The molecule has 1 aliphatic rings. The van der Waals surface area contributed by atoms with Crippen LogP contribution in [-0.4, -0.2) is 23.0 Å². The van der Waals surface area contributed by atoms with E-state index in [0.717, 1.165) is 24.1 Å². The molecule has 0 saturated carbocycles. The van der Waals surface area contributed by atoms with Gasteiger partial charge in [-0.1, -0.05) is 12.1 Å². The maximum absolute atomic E-state index is 9.75. The minimum absolute atomic E-state index is 0.267. The summed E-state index contributed by atoms with van der Waals surface area (Å²) in [6.45, 7) is 2.69. The first kappa shape index (κ1) is 9.34. The quantitative estimate of drug-likeness (QED) is 0.710. The number of aliphatic hydroxyl groups is 1. The predicted octanol–water partition coefficient (Wildman–Crippen LogP) is 1.48. The maximum Gasteiger partial charge on any atom is 0.139 e. The number of rotatable bonds is 1. The minimum atomic E-state index is -0.458. The highest BCUT2D eigenvalue weighted by Gasteiger charge is 2.25. The molecule has 76 valence electrons. The lowest BCUT2D eigenvalue weighted by atomic mass is 10.00. The molecule has 3 heteroatoms. The van der Waals surface area contributed by atoms with Crippen LogP contribution in [0.2, 0.25) is 0 Å². The second kappa shape index (κ2) is 3.50. The van der Waals surface area contributed by atoms with Crippen molar-refractivity contribution in [3.8, 4) is 5.75 Å². The predicted molar refractivity (Wildman–Crippen MR) is 55.5 cm³/mol. The van der Waals surface area contributed by atoms with Crippen molar-refractivity contribution in [2.45, 2.75) is 26.0 Å². The Morgan fingerprint density at radius 1 is 1.50 bits per heavy atom. The number of fused-ring (bicyclic) bond motifs is 1. The second-order valence-corrected chi connectivity index (χ2v) is 3.59. The van der Waals surface area contributed by atoms with Gasteiger partial charge >= 0.3 is 0 Å². The summed E-state index contributed by atoms with van der Waals surface area (Å²) in [6.07, 6.45) is 1.12. The number of nitrogens with zero attached hydrogens (tertiary/aromatic N) is 1. The number of aryl methyl sites for hydroxylation is 1. The highest BCUT2D eigenvalue weighted by molar-refractivity contribution is 5.64. The fourth-order valence-corrected chi connectivity index (χ4v) is 2.07. The third kappa shape index (κ3) is 1.34. The number of aromatic hydroxyl groups is 1. The average molecular weight is 193 g/mol. The SMILES string of the molecule is CCN1c2c(O)cccc2CCC1O. The van der Waals surface area contributed by atoms with Crippen molar-refractivity contribution in [3.05, 3.63) is 23.8 Å². The molecule has 14 heavy (non-hydrogen) atoms. The van der Waals surface area contributed by atoms with Gasteiger partial charge in [-0.25, -0.2) is 0 Å². The molecule has 2 N–H and O–H groups in total. The third-order valence-corrected chi connectivity index (χ3v) is 2.76. The van der Waals surface area contributed by atoms with Crippen molar-refractivity contribution in [1.29, 1.82) is 0 Å². The zero-order valence-electron chi connectivity index (χ0n) is 8.27. The smallest absolute Gasteiger partial charge is 0.139 e. The zero-order valence-corrected chi connectivity index (χ0v) is 8.27. The van der Waals surface area contributed by atoms with E-state index in [1.54, 1.807) is 6.07 Å². The summed E-state index contributed by atoms with van der Waals surface area (Å²) in [5.41, 5.74) is 1.92. The molecule has 0 aromatic heterocycles. The van der Waals surface area contributed by atoms with E-state index in [9.17, 15) is 10.2 Å². The Balaban J connectivity index is 2.49. The summed E-state index contributed by atoms with van der Waals surface area (Å²) in [4.78, 5) is 1.84. The molecule has 0 bridgehead atoms. The largest absolute Gasteiger partial charge is 0.506 e. The van der Waals surface area contributed by atoms with E-state index >= 15 is 0 Å². The van der Waals surface area contributed by atoms with Gasteiger partial charge in [0.15, 0.2) is 0 Å². The molecule has 1 aromatic carbocycles. The van der Waals surface area contributed by atoms with E-state index in [1.807, 2.05) is 24.0 Å². The molecular formula is C11H15NO2. The lowest BCUT2D eigenvalue weighted by Crippen LogP contribution is -2.38. The monoisotopic (exact) mass is 193 g/mol.